The number of halogens is 1. The molecule has 0 aliphatic carbocycles. The second-order valence-electron chi connectivity index (χ2n) is 10.4. The van der Waals surface area contributed by atoms with E-state index in [1.54, 1.807) is 50.7 Å². The third kappa shape index (κ3) is 5.90. The third-order valence-corrected chi connectivity index (χ3v) is 15.6. The lowest BCUT2D eigenvalue weighted by Gasteiger charge is -2.42. The number of ether oxygens (including phenoxy) is 2. The lowest BCUT2D eigenvalue weighted by Crippen LogP contribution is -2.48. The van der Waals surface area contributed by atoms with Gasteiger partial charge in [0.15, 0.2) is 19.8 Å². The largest absolute Gasteiger partial charge is 0.493 e. The van der Waals surface area contributed by atoms with Crippen LogP contribution in [-0.2, 0) is 20.9 Å². The molecule has 38 heavy (non-hydrogen) atoms. The highest BCUT2D eigenvalue weighted by Crippen LogP contribution is 2.43. The smallest absolute Gasteiger partial charge is 0.268 e. The Kier molecular flexibility index (Phi) is 9.95. The second-order valence-corrected chi connectivity index (χ2v) is 18.6. The molecule has 0 unspecified atom stereocenters. The Hall–Kier alpha value is -2.07. The van der Waals surface area contributed by atoms with Gasteiger partial charge in [-0.05, 0) is 74.9 Å². The van der Waals surface area contributed by atoms with Crippen LogP contribution in [0.25, 0.3) is 11.3 Å². The highest BCUT2D eigenvalue weighted by atomic mass is 79.9. The standard InChI is InChI=1S/C29H40BrNO5SSi/c1-20(2)38(21(3)4,22(5)6)36-15-14-23-16-28(34-7)29(35-8)18-26(23)27-17-24(30)19-31(27)37(32,33)25-12-10-9-11-13-25/h9-13,16-22H,14-15H2,1-8H3. The van der Waals surface area contributed by atoms with Crippen molar-refractivity contribution in [1.82, 2.24) is 3.97 Å². The van der Waals surface area contributed by atoms with Crippen LogP contribution in [-0.4, -0.2) is 41.5 Å². The van der Waals surface area contributed by atoms with Crippen molar-refractivity contribution in [2.45, 2.75) is 69.5 Å². The Bertz CT molecular complexity index is 1310. The average Bonchev–Trinajstić information content (AvgIpc) is 3.28. The van der Waals surface area contributed by atoms with Crippen LogP contribution in [0.3, 0.4) is 0 Å². The van der Waals surface area contributed by atoms with E-state index < -0.39 is 18.3 Å². The zero-order chi connectivity index (χ0) is 28.3. The Balaban J connectivity index is 2.12. The van der Waals surface area contributed by atoms with Crippen LogP contribution in [0, 0.1) is 0 Å². The maximum absolute atomic E-state index is 13.7. The average molecular weight is 623 g/mol. The number of nitrogens with zero attached hydrogens (tertiary/aromatic N) is 1. The highest BCUT2D eigenvalue weighted by molar-refractivity contribution is 9.10. The van der Waals surface area contributed by atoms with E-state index in [4.69, 9.17) is 13.9 Å². The number of hydrogen-bond donors (Lipinski definition) is 0. The van der Waals surface area contributed by atoms with Gasteiger partial charge in [-0.15, -0.1) is 0 Å². The molecule has 0 bridgehead atoms. The summed E-state index contributed by atoms with van der Waals surface area (Å²) in [6, 6.07) is 14.0. The van der Waals surface area contributed by atoms with Crippen molar-refractivity contribution in [3.05, 3.63) is 64.8 Å². The molecule has 0 saturated carbocycles. The first kappa shape index (κ1) is 30.5. The Morgan fingerprint density at radius 2 is 1.42 bits per heavy atom. The van der Waals surface area contributed by atoms with E-state index in [0.717, 1.165) is 11.1 Å². The van der Waals surface area contributed by atoms with Crippen LogP contribution < -0.4 is 9.47 Å². The van der Waals surface area contributed by atoms with Crippen molar-refractivity contribution in [3.63, 3.8) is 0 Å². The molecule has 0 amide bonds. The monoisotopic (exact) mass is 621 g/mol. The van der Waals surface area contributed by atoms with Crippen LogP contribution in [0.2, 0.25) is 16.6 Å². The van der Waals surface area contributed by atoms with E-state index in [9.17, 15) is 8.42 Å². The van der Waals surface area contributed by atoms with Crippen molar-refractivity contribution in [3.8, 4) is 22.8 Å². The summed E-state index contributed by atoms with van der Waals surface area (Å²) in [5, 5.41) is 0. The molecule has 208 valence electrons. The zero-order valence-corrected chi connectivity index (χ0v) is 27.0. The first-order valence-corrected chi connectivity index (χ1v) is 17.3. The van der Waals surface area contributed by atoms with Gasteiger partial charge in [-0.3, -0.25) is 0 Å². The summed E-state index contributed by atoms with van der Waals surface area (Å²) in [5.74, 6) is 1.12. The van der Waals surface area contributed by atoms with Gasteiger partial charge >= 0.3 is 0 Å². The molecule has 1 aromatic heterocycles. The quantitative estimate of drug-likeness (QED) is 0.192. The molecule has 0 atom stereocenters. The van der Waals surface area contributed by atoms with Gasteiger partial charge in [0.2, 0.25) is 0 Å². The van der Waals surface area contributed by atoms with Gasteiger partial charge in [-0.2, -0.15) is 0 Å². The molecule has 0 aliphatic rings. The van der Waals surface area contributed by atoms with Crippen LogP contribution in [0.15, 0.2) is 64.1 Å². The molecule has 3 aromatic rings. The molecular weight excluding hydrogens is 582 g/mol. The fraction of sp³-hybridized carbons (Fsp3) is 0.448. The molecule has 6 nitrogen and oxygen atoms in total. The van der Waals surface area contributed by atoms with Crippen molar-refractivity contribution in [1.29, 1.82) is 0 Å². The van der Waals surface area contributed by atoms with Crippen molar-refractivity contribution in [2.24, 2.45) is 0 Å². The van der Waals surface area contributed by atoms with Crippen LogP contribution in [0.5, 0.6) is 11.5 Å². The molecule has 0 aliphatic heterocycles. The minimum Gasteiger partial charge on any atom is -0.493 e. The van der Waals surface area contributed by atoms with Crippen LogP contribution >= 0.6 is 15.9 Å². The lowest BCUT2D eigenvalue weighted by atomic mass is 10.0. The molecule has 2 aromatic carbocycles. The predicted octanol–water partition coefficient (Wildman–Crippen LogP) is 7.91. The van der Waals surface area contributed by atoms with Gasteiger partial charge in [0, 0.05) is 22.8 Å². The maximum atomic E-state index is 13.7. The molecule has 0 radical (unpaired) electrons. The lowest BCUT2D eigenvalue weighted by molar-refractivity contribution is 0.281. The van der Waals surface area contributed by atoms with E-state index in [1.165, 1.54) is 3.97 Å². The summed E-state index contributed by atoms with van der Waals surface area (Å²) in [7, 11) is -2.72. The number of methoxy groups -OCH3 is 2. The zero-order valence-electron chi connectivity index (χ0n) is 23.6. The van der Waals surface area contributed by atoms with Crippen molar-refractivity contribution in [2.75, 3.05) is 20.8 Å². The van der Waals surface area contributed by atoms with Crippen molar-refractivity contribution < 1.29 is 22.3 Å². The SMILES string of the molecule is COc1cc(CCO[Si](C(C)C)(C(C)C)C(C)C)c(-c2cc(Br)cn2S(=O)(=O)c2ccccc2)cc1OC. The van der Waals surface area contributed by atoms with E-state index in [2.05, 4.69) is 57.5 Å². The summed E-state index contributed by atoms with van der Waals surface area (Å²) in [4.78, 5) is 0.219. The first-order valence-electron chi connectivity index (χ1n) is 13.0. The summed E-state index contributed by atoms with van der Waals surface area (Å²) < 4.78 is 47.4. The van der Waals surface area contributed by atoms with Crippen LogP contribution in [0.1, 0.15) is 47.1 Å². The van der Waals surface area contributed by atoms with E-state index in [-0.39, 0.29) is 4.90 Å². The second kappa shape index (κ2) is 12.4. The minimum atomic E-state index is -3.84. The summed E-state index contributed by atoms with van der Waals surface area (Å²) in [6.07, 6.45) is 2.19. The molecular formula is C29H40BrNO5SSi. The normalized spacial score (nSPS) is 12.5. The third-order valence-electron chi connectivity index (χ3n) is 7.37. The van der Waals surface area contributed by atoms with Gasteiger partial charge in [-0.1, -0.05) is 59.7 Å². The summed E-state index contributed by atoms with van der Waals surface area (Å²) in [6.45, 7) is 14.2. The van der Waals surface area contributed by atoms with E-state index in [0.29, 0.717) is 51.3 Å². The maximum Gasteiger partial charge on any atom is 0.268 e. The van der Waals surface area contributed by atoms with E-state index >= 15 is 0 Å². The molecule has 1 heterocycles. The number of benzene rings is 2. The van der Waals surface area contributed by atoms with Crippen LogP contribution in [0.4, 0.5) is 0 Å². The Morgan fingerprint density at radius 3 is 1.95 bits per heavy atom. The van der Waals surface area contributed by atoms with Gasteiger partial charge in [0.25, 0.3) is 10.0 Å². The summed E-state index contributed by atoms with van der Waals surface area (Å²) >= 11 is 3.50. The highest BCUT2D eigenvalue weighted by Gasteiger charge is 2.44. The molecule has 3 rings (SSSR count). The number of hydrogen-bond acceptors (Lipinski definition) is 5. The fourth-order valence-electron chi connectivity index (χ4n) is 5.72. The number of rotatable bonds is 12. The molecule has 0 spiro atoms. The molecule has 9 heteroatoms. The minimum absolute atomic E-state index is 0.219. The first-order chi connectivity index (χ1) is 17.9. The Morgan fingerprint density at radius 1 is 0.868 bits per heavy atom. The fourth-order valence-corrected chi connectivity index (χ4v) is 13.1. The molecule has 0 N–H and O–H groups in total. The van der Waals surface area contributed by atoms with Gasteiger partial charge in [-0.25, -0.2) is 12.4 Å². The van der Waals surface area contributed by atoms with Crippen molar-refractivity contribution >= 4 is 34.3 Å². The topological polar surface area (TPSA) is 66.8 Å². The van der Waals surface area contributed by atoms with E-state index in [1.807, 2.05) is 18.2 Å². The predicted molar refractivity (Wildman–Crippen MR) is 160 cm³/mol. The van der Waals surface area contributed by atoms with Gasteiger partial charge in [0.05, 0.1) is 24.8 Å². The van der Waals surface area contributed by atoms with Gasteiger partial charge < -0.3 is 13.9 Å². The van der Waals surface area contributed by atoms with Gasteiger partial charge in [0.1, 0.15) is 0 Å². The summed E-state index contributed by atoms with van der Waals surface area (Å²) in [5.41, 5.74) is 3.63. The Labute approximate surface area is 237 Å². The molecule has 0 fully saturated rings. The number of aromatic nitrogens is 1. The molecule has 0 saturated heterocycles.